The molecule has 0 bridgehead atoms. The molecule has 3 N–H and O–H groups in total. The molecule has 5 aromatic rings. The van der Waals surface area contributed by atoms with Gasteiger partial charge < -0.3 is 34.6 Å². The van der Waals surface area contributed by atoms with Gasteiger partial charge in [0.2, 0.25) is 0 Å². The molecule has 47 heavy (non-hydrogen) atoms. The number of ether oxygens (including phenoxy) is 2. The summed E-state index contributed by atoms with van der Waals surface area (Å²) in [5, 5.41) is 30.4. The lowest BCUT2D eigenvalue weighted by Gasteiger charge is -2.38. The highest BCUT2D eigenvalue weighted by molar-refractivity contribution is 5.97. The van der Waals surface area contributed by atoms with Crippen molar-refractivity contribution in [3.63, 3.8) is 0 Å². The minimum absolute atomic E-state index is 0.0278. The van der Waals surface area contributed by atoms with Gasteiger partial charge in [0.1, 0.15) is 11.5 Å². The highest BCUT2D eigenvalue weighted by Gasteiger charge is 2.53. The molecule has 0 saturated heterocycles. The third-order valence-electron chi connectivity index (χ3n) is 9.02. The molecule has 0 fully saturated rings. The van der Waals surface area contributed by atoms with Crippen LogP contribution in [0.1, 0.15) is 38.2 Å². The van der Waals surface area contributed by atoms with Crippen LogP contribution < -0.4 is 14.5 Å². The number of benzene rings is 5. The Hall–Kier alpha value is -5.15. The van der Waals surface area contributed by atoms with Crippen LogP contribution in [0.2, 0.25) is 0 Å². The Morgan fingerprint density at radius 1 is 0.638 bits per heavy atom. The van der Waals surface area contributed by atoms with Crippen molar-refractivity contribution in [3.8, 4) is 11.5 Å². The maximum atomic E-state index is 13.4. The van der Waals surface area contributed by atoms with E-state index >= 15 is 0 Å². The largest absolute Gasteiger partial charge is 0.456 e. The van der Waals surface area contributed by atoms with E-state index in [0.29, 0.717) is 47.8 Å². The summed E-state index contributed by atoms with van der Waals surface area (Å²) in [5.41, 5.74) is 5.07. The molecule has 1 spiro atoms. The minimum Gasteiger partial charge on any atom is -0.456 e. The molecule has 7 rings (SSSR count). The molecule has 238 valence electrons. The van der Waals surface area contributed by atoms with Gasteiger partial charge >= 0.3 is 5.97 Å². The number of carbonyl (C=O) groups excluding carboxylic acids is 1. The van der Waals surface area contributed by atoms with Crippen molar-refractivity contribution < 1.29 is 29.6 Å². The molecule has 2 heterocycles. The van der Waals surface area contributed by atoms with Crippen LogP contribution in [0.3, 0.4) is 0 Å². The zero-order chi connectivity index (χ0) is 32.4. The summed E-state index contributed by atoms with van der Waals surface area (Å²) >= 11 is 0. The number of hydrogen-bond donors (Lipinski definition) is 3. The highest BCUT2D eigenvalue weighted by Crippen LogP contribution is 2.57. The van der Waals surface area contributed by atoms with Gasteiger partial charge in [-0.15, -0.1) is 0 Å². The smallest absolute Gasteiger partial charge is 0.340 e. The second-order valence-electron chi connectivity index (χ2n) is 11.8. The van der Waals surface area contributed by atoms with Gasteiger partial charge in [-0.25, -0.2) is 4.79 Å². The Morgan fingerprint density at radius 3 is 1.85 bits per heavy atom. The molecule has 2 aliphatic rings. The Bertz CT molecular complexity index is 1880. The summed E-state index contributed by atoms with van der Waals surface area (Å²) in [7, 11) is 0. The SMILES string of the molecule is O=C1OC2(c3ccc(N(CCO)Cc4ccccc4)cc3Oc3cc(N(Cc4ccccc4)C(CO)CO)ccc32)c2ccccc21. The zero-order valence-electron chi connectivity index (χ0n) is 25.8. The standard InChI is InChI=1S/C39H36N2O6/c42-20-19-40(23-27-9-3-1-4-10-27)29-15-17-34-36(21-29)46-37-22-30(41(31(25-43)26-44)24-28-11-5-2-6-12-28)16-18-35(37)39(34)33-14-8-7-13-32(33)38(45)47-39/h1-18,21-22,31,42-44H,19-20,23-26H2. The molecule has 2 aliphatic heterocycles. The number of rotatable bonds is 11. The van der Waals surface area contributed by atoms with Crippen LogP contribution in [-0.2, 0) is 23.4 Å². The van der Waals surface area contributed by atoms with E-state index < -0.39 is 17.6 Å². The zero-order valence-corrected chi connectivity index (χ0v) is 25.8. The fraction of sp³-hybridized carbons (Fsp3) is 0.205. The van der Waals surface area contributed by atoms with E-state index in [1.165, 1.54) is 0 Å². The molecule has 0 aromatic heterocycles. The lowest BCUT2D eigenvalue weighted by molar-refractivity contribution is 0.0224. The van der Waals surface area contributed by atoms with E-state index in [1.807, 2.05) is 120 Å². The van der Waals surface area contributed by atoms with Gasteiger partial charge in [0.05, 0.1) is 31.4 Å². The van der Waals surface area contributed by atoms with Gasteiger partial charge in [-0.05, 0) is 41.5 Å². The van der Waals surface area contributed by atoms with Gasteiger partial charge in [-0.2, -0.15) is 0 Å². The van der Waals surface area contributed by atoms with E-state index in [9.17, 15) is 20.1 Å². The van der Waals surface area contributed by atoms with Gasteiger partial charge in [-0.1, -0.05) is 78.9 Å². The topological polar surface area (TPSA) is 103 Å². The predicted octanol–water partition coefficient (Wildman–Crippen LogP) is 5.61. The third kappa shape index (κ3) is 5.50. The first-order valence-corrected chi connectivity index (χ1v) is 15.8. The van der Waals surface area contributed by atoms with Gasteiger partial charge in [-0.3, -0.25) is 0 Å². The summed E-state index contributed by atoms with van der Waals surface area (Å²) in [6.45, 7) is 0.928. The number of aliphatic hydroxyl groups is 3. The van der Waals surface area contributed by atoms with Crippen molar-refractivity contribution in [2.24, 2.45) is 0 Å². The molecular formula is C39H36N2O6. The average molecular weight is 629 g/mol. The average Bonchev–Trinajstić information content (AvgIpc) is 3.41. The van der Waals surface area contributed by atoms with Gasteiger partial charge in [0, 0.05) is 59.8 Å². The highest BCUT2D eigenvalue weighted by atomic mass is 16.6. The number of esters is 1. The summed E-state index contributed by atoms with van der Waals surface area (Å²) in [4.78, 5) is 17.4. The number of hydrogen-bond acceptors (Lipinski definition) is 8. The first kappa shape index (κ1) is 30.5. The van der Waals surface area contributed by atoms with Gasteiger partial charge in [0.15, 0.2) is 5.60 Å². The Morgan fingerprint density at radius 2 is 1.21 bits per heavy atom. The molecule has 8 heteroatoms. The fourth-order valence-electron chi connectivity index (χ4n) is 6.72. The maximum Gasteiger partial charge on any atom is 0.340 e. The van der Waals surface area contributed by atoms with Crippen molar-refractivity contribution in [3.05, 3.63) is 155 Å². The Kier molecular flexibility index (Phi) is 8.39. The van der Waals surface area contributed by atoms with Crippen LogP contribution in [0.25, 0.3) is 0 Å². The Labute approximate surface area is 273 Å². The van der Waals surface area contributed by atoms with E-state index in [2.05, 4.69) is 4.90 Å². The molecular weight excluding hydrogens is 592 g/mol. The number of aliphatic hydroxyl groups excluding tert-OH is 3. The van der Waals surface area contributed by atoms with Crippen LogP contribution in [-0.4, -0.2) is 53.7 Å². The van der Waals surface area contributed by atoms with Crippen LogP contribution in [0.5, 0.6) is 11.5 Å². The fourth-order valence-corrected chi connectivity index (χ4v) is 6.72. The van der Waals surface area contributed by atoms with E-state index in [0.717, 1.165) is 28.1 Å². The molecule has 1 atom stereocenters. The molecule has 0 saturated carbocycles. The molecule has 5 aromatic carbocycles. The van der Waals surface area contributed by atoms with Crippen molar-refractivity contribution in [1.29, 1.82) is 0 Å². The van der Waals surface area contributed by atoms with Crippen LogP contribution in [0.15, 0.2) is 121 Å². The minimum atomic E-state index is -1.24. The molecule has 0 aliphatic carbocycles. The second-order valence-corrected chi connectivity index (χ2v) is 11.8. The molecule has 8 nitrogen and oxygen atoms in total. The third-order valence-corrected chi connectivity index (χ3v) is 9.02. The lowest BCUT2D eigenvalue weighted by Crippen LogP contribution is -2.40. The Balaban J connectivity index is 1.36. The predicted molar refractivity (Wildman–Crippen MR) is 180 cm³/mol. The number of nitrogens with zero attached hydrogens (tertiary/aromatic N) is 2. The van der Waals surface area contributed by atoms with Crippen molar-refractivity contribution in [2.75, 3.05) is 36.2 Å². The number of anilines is 2. The summed E-state index contributed by atoms with van der Waals surface area (Å²) in [6, 6.07) is 38.4. The summed E-state index contributed by atoms with van der Waals surface area (Å²) in [6.07, 6.45) is 0. The van der Waals surface area contributed by atoms with E-state index in [4.69, 9.17) is 9.47 Å². The van der Waals surface area contributed by atoms with E-state index in [-0.39, 0.29) is 19.8 Å². The summed E-state index contributed by atoms with van der Waals surface area (Å²) in [5.74, 6) is 0.620. The number of carbonyl (C=O) groups is 1. The van der Waals surface area contributed by atoms with E-state index in [1.54, 1.807) is 6.07 Å². The van der Waals surface area contributed by atoms with Crippen LogP contribution in [0.4, 0.5) is 11.4 Å². The number of fused-ring (bicyclic) bond motifs is 6. The van der Waals surface area contributed by atoms with Crippen LogP contribution >= 0.6 is 0 Å². The van der Waals surface area contributed by atoms with Crippen molar-refractivity contribution in [1.82, 2.24) is 0 Å². The first-order chi connectivity index (χ1) is 23.0. The van der Waals surface area contributed by atoms with Gasteiger partial charge in [0.25, 0.3) is 0 Å². The maximum absolute atomic E-state index is 13.4. The molecule has 0 amide bonds. The molecule has 1 unspecified atom stereocenters. The lowest BCUT2D eigenvalue weighted by atomic mass is 9.77. The van der Waals surface area contributed by atoms with Crippen molar-refractivity contribution >= 4 is 17.3 Å². The quantitative estimate of drug-likeness (QED) is 0.162. The first-order valence-electron chi connectivity index (χ1n) is 15.8. The molecule has 0 radical (unpaired) electrons. The monoisotopic (exact) mass is 628 g/mol. The van der Waals surface area contributed by atoms with Crippen molar-refractivity contribution in [2.45, 2.75) is 24.7 Å². The summed E-state index contributed by atoms with van der Waals surface area (Å²) < 4.78 is 13.1. The normalized spacial score (nSPS) is 15.9. The second kappa shape index (κ2) is 12.9. The van der Waals surface area contributed by atoms with Crippen LogP contribution in [0, 0.1) is 0 Å².